The Morgan fingerprint density at radius 2 is 1.59 bits per heavy atom. The molecule has 2 nitrogen and oxygen atoms in total. The van der Waals surface area contributed by atoms with Crippen LogP contribution in [-0.2, 0) is 16.0 Å². The number of esters is 1. The van der Waals surface area contributed by atoms with Crippen molar-refractivity contribution in [2.75, 3.05) is 6.61 Å². The Balaban J connectivity index is 1.56. The summed E-state index contributed by atoms with van der Waals surface area (Å²) in [5, 5.41) is 7.98. The Labute approximate surface area is 168 Å². The minimum absolute atomic E-state index is 0.204. The highest BCUT2D eigenvalue weighted by Gasteiger charge is 2.25. The number of aryl methyl sites for hydroxylation is 1. The van der Waals surface area contributed by atoms with E-state index in [1.165, 1.54) is 37.9 Å². The highest BCUT2D eigenvalue weighted by atomic mass is 79.9. The molecule has 0 heterocycles. The fraction of sp³-hybridized carbons (Fsp3) is 0.292. The molecule has 0 radical (unpaired) electrons. The summed E-state index contributed by atoms with van der Waals surface area (Å²) in [6.45, 7) is 4.08. The van der Waals surface area contributed by atoms with Gasteiger partial charge in [-0.1, -0.05) is 70.5 Å². The molecule has 0 atom stereocenters. The van der Waals surface area contributed by atoms with Crippen molar-refractivity contribution in [2.45, 2.75) is 37.4 Å². The molecule has 0 saturated carbocycles. The maximum Gasteiger partial charge on any atom is 0.322 e. The first-order valence-electron chi connectivity index (χ1n) is 9.47. The number of carbonyl (C=O) groups is 1. The van der Waals surface area contributed by atoms with Gasteiger partial charge in [0, 0.05) is 0 Å². The van der Waals surface area contributed by atoms with Crippen LogP contribution in [0.15, 0.2) is 54.6 Å². The molecule has 0 aromatic heterocycles. The predicted octanol–water partition coefficient (Wildman–Crippen LogP) is 6.62. The van der Waals surface area contributed by atoms with Crippen LogP contribution in [0, 0.1) is 0 Å². The number of unbranched alkanes of at least 4 members (excludes halogenated alkanes) is 1. The lowest BCUT2D eigenvalue weighted by atomic mass is 9.90. The minimum atomic E-state index is -0.614. The second-order valence-electron chi connectivity index (χ2n) is 7.65. The molecule has 138 valence electrons. The lowest BCUT2D eigenvalue weighted by Gasteiger charge is -2.16. The van der Waals surface area contributed by atoms with Gasteiger partial charge in [0.2, 0.25) is 0 Å². The van der Waals surface area contributed by atoms with Gasteiger partial charge in [-0.05, 0) is 71.0 Å². The third-order valence-electron chi connectivity index (χ3n) is 5.15. The second-order valence-corrected chi connectivity index (χ2v) is 9.63. The topological polar surface area (TPSA) is 26.3 Å². The van der Waals surface area contributed by atoms with E-state index < -0.39 is 4.32 Å². The molecular weight excluding hydrogens is 400 g/mol. The molecule has 4 rings (SSSR count). The molecule has 0 saturated heterocycles. The Kier molecular flexibility index (Phi) is 4.81. The van der Waals surface area contributed by atoms with Crippen LogP contribution >= 0.6 is 15.9 Å². The van der Waals surface area contributed by atoms with Crippen molar-refractivity contribution >= 4 is 54.2 Å². The maximum absolute atomic E-state index is 11.8. The van der Waals surface area contributed by atoms with Gasteiger partial charge in [-0.25, -0.2) is 0 Å². The maximum atomic E-state index is 11.8. The molecule has 0 bridgehead atoms. The minimum Gasteiger partial charge on any atom is -0.465 e. The number of benzene rings is 4. The molecule has 0 aliphatic rings. The molecule has 0 aliphatic heterocycles. The van der Waals surface area contributed by atoms with Crippen molar-refractivity contribution in [2.24, 2.45) is 0 Å². The largest absolute Gasteiger partial charge is 0.465 e. The summed E-state index contributed by atoms with van der Waals surface area (Å²) in [5.41, 5.74) is 1.37. The van der Waals surface area contributed by atoms with Crippen LogP contribution < -0.4 is 0 Å². The Bertz CT molecular complexity index is 1110. The van der Waals surface area contributed by atoms with E-state index >= 15 is 0 Å². The third kappa shape index (κ3) is 3.53. The van der Waals surface area contributed by atoms with Crippen molar-refractivity contribution in [3.05, 3.63) is 60.2 Å². The molecule has 0 fully saturated rings. The number of hydrogen-bond donors (Lipinski definition) is 0. The van der Waals surface area contributed by atoms with Crippen LogP contribution in [0.1, 0.15) is 32.3 Å². The zero-order valence-electron chi connectivity index (χ0n) is 15.7. The van der Waals surface area contributed by atoms with Gasteiger partial charge in [0.25, 0.3) is 0 Å². The number of rotatable bonds is 6. The normalized spacial score (nSPS) is 12.3. The number of halogens is 1. The van der Waals surface area contributed by atoms with E-state index in [4.69, 9.17) is 4.74 Å². The third-order valence-corrected chi connectivity index (χ3v) is 5.48. The Hall–Kier alpha value is -2.13. The molecule has 4 aromatic rings. The summed E-state index contributed by atoms with van der Waals surface area (Å²) in [6.07, 6.45) is 2.85. The first-order chi connectivity index (χ1) is 12.9. The van der Waals surface area contributed by atoms with Crippen LogP contribution in [0.5, 0.6) is 0 Å². The molecule has 0 spiro atoms. The molecule has 27 heavy (non-hydrogen) atoms. The van der Waals surface area contributed by atoms with Crippen molar-refractivity contribution in [3.8, 4) is 0 Å². The summed E-state index contributed by atoms with van der Waals surface area (Å²) in [4.78, 5) is 11.8. The summed E-state index contributed by atoms with van der Waals surface area (Å²) < 4.78 is 4.74. The van der Waals surface area contributed by atoms with Gasteiger partial charge in [0.15, 0.2) is 0 Å². The summed E-state index contributed by atoms with van der Waals surface area (Å²) >= 11 is 3.34. The van der Waals surface area contributed by atoms with Crippen molar-refractivity contribution in [1.29, 1.82) is 0 Å². The van der Waals surface area contributed by atoms with E-state index in [2.05, 4.69) is 70.5 Å². The van der Waals surface area contributed by atoms with E-state index in [0.717, 1.165) is 19.3 Å². The fourth-order valence-electron chi connectivity index (χ4n) is 3.80. The first-order valence-corrected chi connectivity index (χ1v) is 10.3. The van der Waals surface area contributed by atoms with E-state index in [0.29, 0.717) is 6.61 Å². The van der Waals surface area contributed by atoms with E-state index in [1.54, 1.807) is 13.8 Å². The number of carbonyl (C=O) groups excluding carboxylic acids is 1. The monoisotopic (exact) mass is 422 g/mol. The van der Waals surface area contributed by atoms with Crippen LogP contribution in [0.4, 0.5) is 0 Å². The molecule has 4 aromatic carbocycles. The van der Waals surface area contributed by atoms with Gasteiger partial charge in [0.05, 0.1) is 6.61 Å². The summed E-state index contributed by atoms with van der Waals surface area (Å²) in [6, 6.07) is 19.9. The zero-order valence-corrected chi connectivity index (χ0v) is 17.3. The average Bonchev–Trinajstić information content (AvgIpc) is 2.65. The Morgan fingerprint density at radius 3 is 2.33 bits per heavy atom. The van der Waals surface area contributed by atoms with Gasteiger partial charge in [-0.15, -0.1) is 0 Å². The SMILES string of the molecule is CC(C)(Br)C(=O)OCCCCc1cc2cccc3ccc4cccc1c4c32. The number of alkyl halides is 1. The molecule has 0 N–H and O–H groups in total. The summed E-state index contributed by atoms with van der Waals surface area (Å²) in [5.74, 6) is -0.204. The van der Waals surface area contributed by atoms with Crippen LogP contribution in [-0.4, -0.2) is 16.9 Å². The lowest BCUT2D eigenvalue weighted by Crippen LogP contribution is -2.26. The fourth-order valence-corrected chi connectivity index (χ4v) is 3.91. The zero-order chi connectivity index (χ0) is 19.0. The van der Waals surface area contributed by atoms with Crippen LogP contribution in [0.2, 0.25) is 0 Å². The molecular formula is C24H23BrO2. The van der Waals surface area contributed by atoms with Gasteiger partial charge >= 0.3 is 5.97 Å². The molecule has 0 aliphatic carbocycles. The van der Waals surface area contributed by atoms with E-state index in [-0.39, 0.29) is 5.97 Å². The van der Waals surface area contributed by atoms with E-state index in [1.807, 2.05) is 0 Å². The first kappa shape index (κ1) is 18.2. The molecule has 0 unspecified atom stereocenters. The standard InChI is InChI=1S/C24H23BrO2/c1-24(2,25)23(26)27-14-4-3-7-18-15-19-10-5-8-16-12-13-17-9-6-11-20(18)22(17)21(16)19/h5-6,8-13,15H,3-4,7,14H2,1-2H3. The van der Waals surface area contributed by atoms with Crippen LogP contribution in [0.3, 0.4) is 0 Å². The van der Waals surface area contributed by atoms with E-state index in [9.17, 15) is 4.79 Å². The van der Waals surface area contributed by atoms with Gasteiger partial charge in [-0.3, -0.25) is 4.79 Å². The highest BCUT2D eigenvalue weighted by molar-refractivity contribution is 9.10. The highest BCUT2D eigenvalue weighted by Crippen LogP contribution is 2.36. The van der Waals surface area contributed by atoms with Crippen molar-refractivity contribution in [3.63, 3.8) is 0 Å². The lowest BCUT2D eigenvalue weighted by molar-refractivity contribution is -0.145. The molecule has 0 amide bonds. The second kappa shape index (κ2) is 7.12. The number of hydrogen-bond acceptors (Lipinski definition) is 2. The van der Waals surface area contributed by atoms with Gasteiger partial charge in [-0.2, -0.15) is 0 Å². The number of ether oxygens (including phenoxy) is 1. The van der Waals surface area contributed by atoms with Crippen molar-refractivity contribution in [1.82, 2.24) is 0 Å². The summed E-state index contributed by atoms with van der Waals surface area (Å²) in [7, 11) is 0. The molecule has 3 heteroatoms. The quantitative estimate of drug-likeness (QED) is 0.151. The van der Waals surface area contributed by atoms with Crippen LogP contribution in [0.25, 0.3) is 32.3 Å². The van der Waals surface area contributed by atoms with Crippen molar-refractivity contribution < 1.29 is 9.53 Å². The smallest absolute Gasteiger partial charge is 0.322 e. The average molecular weight is 423 g/mol. The Morgan fingerprint density at radius 1 is 0.926 bits per heavy atom. The van der Waals surface area contributed by atoms with Gasteiger partial charge < -0.3 is 4.74 Å². The van der Waals surface area contributed by atoms with Gasteiger partial charge in [0.1, 0.15) is 4.32 Å². The predicted molar refractivity (Wildman–Crippen MR) is 117 cm³/mol.